The first-order valence-electron chi connectivity index (χ1n) is 8.27. The third kappa shape index (κ3) is 2.98. The van der Waals surface area contributed by atoms with Crippen molar-refractivity contribution in [3.63, 3.8) is 0 Å². The third-order valence-electron chi connectivity index (χ3n) is 5.09. The van der Waals surface area contributed by atoms with E-state index in [1.165, 1.54) is 11.3 Å². The molecule has 0 spiro atoms. The fourth-order valence-electron chi connectivity index (χ4n) is 3.94. The van der Waals surface area contributed by atoms with Gasteiger partial charge in [-0.2, -0.15) is 10.4 Å². The van der Waals surface area contributed by atoms with E-state index in [1.54, 1.807) is 0 Å². The predicted molar refractivity (Wildman–Crippen MR) is 85.1 cm³/mol. The highest BCUT2D eigenvalue weighted by molar-refractivity contribution is 5.24. The van der Waals surface area contributed by atoms with E-state index < -0.39 is 0 Å². The molecule has 1 saturated carbocycles. The Hall–Kier alpha value is -1.34. The fourth-order valence-corrected chi connectivity index (χ4v) is 3.94. The second kappa shape index (κ2) is 6.62. The predicted octanol–water partition coefficient (Wildman–Crippen LogP) is 3.12. The van der Waals surface area contributed by atoms with Gasteiger partial charge >= 0.3 is 0 Å². The molecule has 116 valence electrons. The van der Waals surface area contributed by atoms with Crippen LogP contribution in [0.5, 0.6) is 0 Å². The van der Waals surface area contributed by atoms with Crippen molar-refractivity contribution in [3.8, 4) is 6.07 Å². The zero-order valence-corrected chi connectivity index (χ0v) is 13.9. The summed E-state index contributed by atoms with van der Waals surface area (Å²) < 4.78 is 2.14. The van der Waals surface area contributed by atoms with Gasteiger partial charge in [-0.25, -0.2) is 0 Å². The van der Waals surface area contributed by atoms with Crippen molar-refractivity contribution < 1.29 is 0 Å². The normalized spacial score (nSPS) is 25.2. The summed E-state index contributed by atoms with van der Waals surface area (Å²) in [6, 6.07) is 2.57. The van der Waals surface area contributed by atoms with Gasteiger partial charge in [0.05, 0.1) is 11.8 Å². The van der Waals surface area contributed by atoms with Gasteiger partial charge < -0.3 is 0 Å². The molecule has 2 atom stereocenters. The Morgan fingerprint density at radius 2 is 2.19 bits per heavy atom. The summed E-state index contributed by atoms with van der Waals surface area (Å²) >= 11 is 0. The lowest BCUT2D eigenvalue weighted by atomic mass is 9.86. The van der Waals surface area contributed by atoms with Crippen LogP contribution in [0.1, 0.15) is 56.5 Å². The number of aryl methyl sites for hydroxylation is 2. The van der Waals surface area contributed by atoms with E-state index in [4.69, 9.17) is 0 Å². The Morgan fingerprint density at radius 3 is 2.76 bits per heavy atom. The van der Waals surface area contributed by atoms with Crippen LogP contribution in [0.25, 0.3) is 0 Å². The highest BCUT2D eigenvalue weighted by atomic mass is 15.3. The average Bonchev–Trinajstić information content (AvgIpc) is 2.99. The number of nitrogens with one attached hydrogen (secondary N) is 1. The number of rotatable bonds is 6. The molecule has 1 aromatic heterocycles. The first-order valence-corrected chi connectivity index (χ1v) is 8.27. The Labute approximate surface area is 128 Å². The molecule has 4 heteroatoms. The molecule has 1 aromatic rings. The standard InChI is InChI=1S/C17H28N4/c1-5-16-13(3)20-21(14(16)4)11-9-15-8-7-10-17(15,12-18)19-6-2/h15,19H,5-11H2,1-4H3. The molecular formula is C17H28N4. The third-order valence-corrected chi connectivity index (χ3v) is 5.09. The molecule has 1 fully saturated rings. The minimum Gasteiger partial charge on any atom is -0.299 e. The topological polar surface area (TPSA) is 53.6 Å². The molecule has 0 amide bonds. The van der Waals surface area contributed by atoms with Crippen LogP contribution < -0.4 is 5.32 Å². The lowest BCUT2D eigenvalue weighted by Crippen LogP contribution is -2.47. The van der Waals surface area contributed by atoms with Crippen LogP contribution in [-0.2, 0) is 13.0 Å². The molecule has 1 aliphatic rings. The largest absolute Gasteiger partial charge is 0.299 e. The average molecular weight is 288 g/mol. The maximum Gasteiger partial charge on any atom is 0.109 e. The molecule has 0 saturated heterocycles. The zero-order valence-electron chi connectivity index (χ0n) is 13.9. The van der Waals surface area contributed by atoms with E-state index in [-0.39, 0.29) is 5.54 Å². The van der Waals surface area contributed by atoms with E-state index in [0.29, 0.717) is 5.92 Å². The molecule has 1 heterocycles. The number of nitriles is 1. The summed E-state index contributed by atoms with van der Waals surface area (Å²) in [5, 5.41) is 17.7. The van der Waals surface area contributed by atoms with Crippen LogP contribution in [0.3, 0.4) is 0 Å². The Kier molecular flexibility index (Phi) is 5.05. The zero-order chi connectivity index (χ0) is 15.5. The number of aromatic nitrogens is 2. The van der Waals surface area contributed by atoms with Gasteiger partial charge in [-0.1, -0.05) is 20.3 Å². The van der Waals surface area contributed by atoms with E-state index >= 15 is 0 Å². The van der Waals surface area contributed by atoms with Gasteiger partial charge in [0.15, 0.2) is 0 Å². The smallest absolute Gasteiger partial charge is 0.109 e. The van der Waals surface area contributed by atoms with Crippen molar-refractivity contribution >= 4 is 0 Å². The number of hydrogen-bond donors (Lipinski definition) is 1. The van der Waals surface area contributed by atoms with Crippen LogP contribution in [0.15, 0.2) is 0 Å². The van der Waals surface area contributed by atoms with Gasteiger partial charge in [0, 0.05) is 12.2 Å². The molecule has 0 bridgehead atoms. The summed E-state index contributed by atoms with van der Waals surface area (Å²) in [6.45, 7) is 10.3. The van der Waals surface area contributed by atoms with Gasteiger partial charge in [0.25, 0.3) is 0 Å². The molecule has 0 aromatic carbocycles. The van der Waals surface area contributed by atoms with E-state index in [2.05, 4.69) is 48.9 Å². The molecule has 0 aliphatic heterocycles. The molecule has 2 unspecified atom stereocenters. The minimum atomic E-state index is -0.307. The summed E-state index contributed by atoms with van der Waals surface area (Å²) in [5.41, 5.74) is 3.51. The highest BCUT2D eigenvalue weighted by Gasteiger charge is 2.42. The van der Waals surface area contributed by atoms with Crippen LogP contribution in [0, 0.1) is 31.1 Å². The van der Waals surface area contributed by atoms with Gasteiger partial charge in [0.2, 0.25) is 0 Å². The van der Waals surface area contributed by atoms with Crippen molar-refractivity contribution in [1.29, 1.82) is 5.26 Å². The molecule has 1 N–H and O–H groups in total. The van der Waals surface area contributed by atoms with E-state index in [9.17, 15) is 5.26 Å². The second-order valence-corrected chi connectivity index (χ2v) is 6.22. The van der Waals surface area contributed by atoms with Gasteiger partial charge in [-0.05, 0) is 57.6 Å². The lowest BCUT2D eigenvalue weighted by Gasteiger charge is -2.29. The van der Waals surface area contributed by atoms with Gasteiger partial charge in [-0.3, -0.25) is 10.00 Å². The van der Waals surface area contributed by atoms with Crippen molar-refractivity contribution in [2.75, 3.05) is 6.54 Å². The second-order valence-electron chi connectivity index (χ2n) is 6.22. The molecular weight excluding hydrogens is 260 g/mol. The number of hydrogen-bond acceptors (Lipinski definition) is 3. The van der Waals surface area contributed by atoms with Crippen LogP contribution >= 0.6 is 0 Å². The van der Waals surface area contributed by atoms with Crippen LogP contribution in [0.2, 0.25) is 0 Å². The summed E-state index contributed by atoms with van der Waals surface area (Å²) in [4.78, 5) is 0. The van der Waals surface area contributed by atoms with E-state index in [0.717, 1.165) is 50.9 Å². The maximum atomic E-state index is 9.62. The molecule has 4 nitrogen and oxygen atoms in total. The maximum absolute atomic E-state index is 9.62. The van der Waals surface area contributed by atoms with Crippen molar-refractivity contribution in [1.82, 2.24) is 15.1 Å². The van der Waals surface area contributed by atoms with E-state index in [1.807, 2.05) is 0 Å². The van der Waals surface area contributed by atoms with Crippen molar-refractivity contribution in [2.45, 2.75) is 71.9 Å². The van der Waals surface area contributed by atoms with Crippen molar-refractivity contribution in [3.05, 3.63) is 17.0 Å². The van der Waals surface area contributed by atoms with Gasteiger partial charge in [-0.15, -0.1) is 0 Å². The minimum absolute atomic E-state index is 0.307. The SMILES string of the molecule is CCNC1(C#N)CCCC1CCn1nc(C)c(CC)c1C. The Balaban J connectivity index is 2.07. The summed E-state index contributed by atoms with van der Waals surface area (Å²) in [6.07, 6.45) is 5.37. The first kappa shape index (κ1) is 16.0. The molecule has 2 rings (SSSR count). The molecule has 21 heavy (non-hydrogen) atoms. The molecule has 0 radical (unpaired) electrons. The fraction of sp³-hybridized carbons (Fsp3) is 0.765. The Bertz CT molecular complexity index is 526. The summed E-state index contributed by atoms with van der Waals surface area (Å²) in [7, 11) is 0. The van der Waals surface area contributed by atoms with Crippen LogP contribution in [0.4, 0.5) is 0 Å². The highest BCUT2D eigenvalue weighted by Crippen LogP contribution is 2.37. The summed E-state index contributed by atoms with van der Waals surface area (Å²) in [5.74, 6) is 0.441. The molecule has 1 aliphatic carbocycles. The quantitative estimate of drug-likeness (QED) is 0.875. The number of nitrogens with zero attached hydrogens (tertiary/aromatic N) is 3. The Morgan fingerprint density at radius 1 is 1.43 bits per heavy atom. The van der Waals surface area contributed by atoms with Crippen molar-refractivity contribution in [2.24, 2.45) is 5.92 Å². The monoisotopic (exact) mass is 288 g/mol. The lowest BCUT2D eigenvalue weighted by molar-refractivity contribution is 0.290. The van der Waals surface area contributed by atoms with Gasteiger partial charge in [0.1, 0.15) is 5.54 Å². The van der Waals surface area contributed by atoms with Crippen LogP contribution in [-0.4, -0.2) is 21.9 Å². The first-order chi connectivity index (χ1) is 10.1.